The van der Waals surface area contributed by atoms with Gasteiger partial charge in [-0.05, 0) is 63.2 Å². The number of amides is 1. The summed E-state index contributed by atoms with van der Waals surface area (Å²) in [5.41, 5.74) is 0.474. The molecule has 0 radical (unpaired) electrons. The van der Waals surface area contributed by atoms with Gasteiger partial charge in [-0.2, -0.15) is 0 Å². The van der Waals surface area contributed by atoms with Crippen LogP contribution in [0.5, 0.6) is 0 Å². The van der Waals surface area contributed by atoms with Crippen LogP contribution in [0.15, 0.2) is 9.59 Å². The number of carbonyl (C=O) groups is 1. The summed E-state index contributed by atoms with van der Waals surface area (Å²) >= 11 is 0. The zero-order valence-electron chi connectivity index (χ0n) is 19.1. The molecule has 6 heteroatoms. The average Bonchev–Trinajstić information content (AvgIpc) is 3.06. The molecule has 172 valence electrons. The van der Waals surface area contributed by atoms with E-state index < -0.39 is 0 Å². The van der Waals surface area contributed by atoms with E-state index in [0.29, 0.717) is 29.3 Å². The predicted molar refractivity (Wildman–Crippen MR) is 126 cm³/mol. The maximum Gasteiger partial charge on any atom is 0.253 e. The van der Waals surface area contributed by atoms with E-state index in [4.69, 9.17) is 0 Å². The van der Waals surface area contributed by atoms with Gasteiger partial charge in [-0.1, -0.05) is 32.6 Å². The molecule has 1 saturated heterocycles. The van der Waals surface area contributed by atoms with Crippen LogP contribution >= 0.6 is 0 Å². The second kappa shape index (κ2) is 10.2. The van der Waals surface area contributed by atoms with E-state index in [9.17, 15) is 14.4 Å². The molecule has 1 aliphatic heterocycles. The molecule has 1 aromatic rings. The van der Waals surface area contributed by atoms with Gasteiger partial charge in [0.1, 0.15) is 11.4 Å². The molecule has 3 aliphatic rings. The number of nitrogens with zero attached hydrogens (tertiary/aromatic N) is 1. The summed E-state index contributed by atoms with van der Waals surface area (Å²) in [5.74, 6) is 1.54. The van der Waals surface area contributed by atoms with Crippen LogP contribution < -0.4 is 26.4 Å². The number of hydrogen-bond acceptors (Lipinski definition) is 5. The van der Waals surface area contributed by atoms with Crippen molar-refractivity contribution in [1.29, 1.82) is 0 Å². The number of rotatable bonds is 6. The van der Waals surface area contributed by atoms with Crippen molar-refractivity contribution in [1.82, 2.24) is 5.32 Å². The van der Waals surface area contributed by atoms with Gasteiger partial charge in [-0.3, -0.25) is 14.4 Å². The third-order valence-corrected chi connectivity index (χ3v) is 7.97. The first-order chi connectivity index (χ1) is 15.0. The van der Waals surface area contributed by atoms with Crippen LogP contribution in [0.4, 0.5) is 11.4 Å². The Labute approximate surface area is 185 Å². The topological polar surface area (TPSA) is 78.5 Å². The van der Waals surface area contributed by atoms with E-state index in [1.54, 1.807) is 0 Å². The predicted octanol–water partition coefficient (Wildman–Crippen LogP) is 3.58. The van der Waals surface area contributed by atoms with Crippen molar-refractivity contribution in [2.45, 2.75) is 90.0 Å². The maximum atomic E-state index is 12.7. The lowest BCUT2D eigenvalue weighted by Gasteiger charge is -2.34. The van der Waals surface area contributed by atoms with E-state index in [1.807, 2.05) is 0 Å². The molecule has 0 aromatic heterocycles. The minimum Gasteiger partial charge on any atom is -0.380 e. The zero-order chi connectivity index (χ0) is 21.8. The first-order valence-corrected chi connectivity index (χ1v) is 12.7. The Morgan fingerprint density at radius 1 is 0.871 bits per heavy atom. The molecule has 0 bridgehead atoms. The van der Waals surface area contributed by atoms with E-state index in [0.717, 1.165) is 71.0 Å². The number of carbonyl (C=O) groups excluding carboxylic acids is 1. The van der Waals surface area contributed by atoms with E-state index in [1.165, 1.54) is 25.7 Å². The fourth-order valence-corrected chi connectivity index (χ4v) is 5.70. The molecular weight excluding hydrogens is 390 g/mol. The SMILES string of the molecule is CC1CCN(c2c(NCC3CCC(C(=O)NC4CCCCCC4)CC3)c(=O)c2=O)CC1. The highest BCUT2D eigenvalue weighted by Gasteiger charge is 2.31. The smallest absolute Gasteiger partial charge is 0.253 e. The highest BCUT2D eigenvalue weighted by molar-refractivity contribution is 5.79. The quantitative estimate of drug-likeness (QED) is 0.534. The van der Waals surface area contributed by atoms with Gasteiger partial charge in [0.2, 0.25) is 5.91 Å². The number of hydrogen-bond donors (Lipinski definition) is 2. The van der Waals surface area contributed by atoms with Crippen LogP contribution in [0.1, 0.15) is 84.0 Å². The maximum absolute atomic E-state index is 12.7. The molecular formula is C25H39N3O3. The zero-order valence-corrected chi connectivity index (χ0v) is 19.1. The lowest BCUT2D eigenvalue weighted by atomic mass is 9.81. The normalized spacial score (nSPS) is 26.5. The monoisotopic (exact) mass is 429 g/mol. The van der Waals surface area contributed by atoms with Gasteiger partial charge in [-0.25, -0.2) is 0 Å². The van der Waals surface area contributed by atoms with E-state index >= 15 is 0 Å². The number of anilines is 2. The molecule has 1 aromatic carbocycles. The standard InChI is InChI=1S/C25H39N3O3/c1-17-12-14-28(15-13-17)22-21(23(29)24(22)30)26-16-18-8-10-19(11-9-18)25(31)27-20-6-4-2-3-5-7-20/h17-20,26H,2-16H2,1H3,(H,27,31). The Morgan fingerprint density at radius 3 is 2.16 bits per heavy atom. The molecule has 2 aliphatic carbocycles. The molecule has 3 fully saturated rings. The fourth-order valence-electron chi connectivity index (χ4n) is 5.70. The van der Waals surface area contributed by atoms with Crippen LogP contribution in [0, 0.1) is 17.8 Å². The van der Waals surface area contributed by atoms with Gasteiger partial charge in [0.15, 0.2) is 0 Å². The minimum atomic E-state index is -0.356. The first kappa shape index (κ1) is 22.3. The number of nitrogens with one attached hydrogen (secondary N) is 2. The summed E-state index contributed by atoms with van der Waals surface area (Å²) in [7, 11) is 0. The summed E-state index contributed by atoms with van der Waals surface area (Å²) in [6, 6.07) is 0.375. The van der Waals surface area contributed by atoms with Gasteiger partial charge in [0, 0.05) is 31.6 Å². The molecule has 1 heterocycles. The Bertz CT molecular complexity index is 804. The van der Waals surface area contributed by atoms with E-state index in [-0.39, 0.29) is 22.7 Å². The second-order valence-electron chi connectivity index (χ2n) is 10.3. The van der Waals surface area contributed by atoms with Gasteiger partial charge in [-0.15, -0.1) is 0 Å². The van der Waals surface area contributed by atoms with Crippen molar-refractivity contribution in [3.8, 4) is 0 Å². The Kier molecular flexibility index (Phi) is 7.34. The van der Waals surface area contributed by atoms with Crippen LogP contribution in [0.25, 0.3) is 0 Å². The molecule has 31 heavy (non-hydrogen) atoms. The van der Waals surface area contributed by atoms with Gasteiger partial charge in [0.05, 0.1) is 0 Å². The van der Waals surface area contributed by atoms with Crippen molar-refractivity contribution < 1.29 is 4.79 Å². The molecule has 4 rings (SSSR count). The van der Waals surface area contributed by atoms with Crippen LogP contribution in [0.3, 0.4) is 0 Å². The van der Waals surface area contributed by atoms with Crippen molar-refractivity contribution >= 4 is 17.3 Å². The fraction of sp³-hybridized carbons (Fsp3) is 0.800. The number of piperidine rings is 1. The summed E-state index contributed by atoms with van der Waals surface area (Å²) in [5, 5.41) is 6.63. The third kappa shape index (κ3) is 5.32. The molecule has 0 unspecified atom stereocenters. The lowest BCUT2D eigenvalue weighted by molar-refractivity contribution is -0.127. The summed E-state index contributed by atoms with van der Waals surface area (Å²) < 4.78 is 0. The second-order valence-corrected chi connectivity index (χ2v) is 10.3. The van der Waals surface area contributed by atoms with Gasteiger partial charge >= 0.3 is 0 Å². The highest BCUT2D eigenvalue weighted by Crippen LogP contribution is 2.31. The molecule has 2 N–H and O–H groups in total. The van der Waals surface area contributed by atoms with Crippen molar-refractivity contribution in [3.05, 3.63) is 20.4 Å². The molecule has 0 spiro atoms. The molecule has 6 nitrogen and oxygen atoms in total. The van der Waals surface area contributed by atoms with Crippen LogP contribution in [-0.4, -0.2) is 31.6 Å². The third-order valence-electron chi connectivity index (χ3n) is 7.97. The Morgan fingerprint density at radius 2 is 1.52 bits per heavy atom. The molecule has 1 amide bonds. The van der Waals surface area contributed by atoms with E-state index in [2.05, 4.69) is 22.5 Å². The minimum absolute atomic E-state index is 0.136. The van der Waals surface area contributed by atoms with Gasteiger partial charge < -0.3 is 15.5 Å². The van der Waals surface area contributed by atoms with Crippen molar-refractivity contribution in [3.63, 3.8) is 0 Å². The summed E-state index contributed by atoms with van der Waals surface area (Å²) in [6.07, 6.45) is 13.3. The van der Waals surface area contributed by atoms with Crippen LogP contribution in [0.2, 0.25) is 0 Å². The lowest BCUT2D eigenvalue weighted by Crippen LogP contribution is -2.46. The molecule has 0 atom stereocenters. The Hall–Kier alpha value is -1.85. The largest absolute Gasteiger partial charge is 0.380 e. The van der Waals surface area contributed by atoms with Crippen molar-refractivity contribution in [2.24, 2.45) is 17.8 Å². The first-order valence-electron chi connectivity index (χ1n) is 12.7. The highest BCUT2D eigenvalue weighted by atomic mass is 16.2. The summed E-state index contributed by atoms with van der Waals surface area (Å²) in [4.78, 5) is 39.1. The van der Waals surface area contributed by atoms with Crippen LogP contribution in [-0.2, 0) is 4.79 Å². The summed E-state index contributed by atoms with van der Waals surface area (Å²) in [6.45, 7) is 4.69. The van der Waals surface area contributed by atoms with Gasteiger partial charge in [0.25, 0.3) is 10.9 Å². The molecule has 2 saturated carbocycles. The van der Waals surface area contributed by atoms with Crippen molar-refractivity contribution in [2.75, 3.05) is 29.9 Å². The Balaban J connectivity index is 1.23. The average molecular weight is 430 g/mol.